The predicted molar refractivity (Wildman–Crippen MR) is 156 cm³/mol. The standard InChI is InChI=1S/C31H46N6O/c1-5-6-23(4)33-31-32-19-28-29(21-37(30(28)34-31)26-11-13-27(38)14-12-26)25-9-7-24(8-10-25)20-35-15-17-36(18-16-35)22(2)3/h7-10,19,21-23,26-27,38H,5-6,11-18,20H2,1-4H3,(H,32,33,34)/t23-,26-,27-/m0/s1. The fraction of sp³-hybridized carbons (Fsp3) is 0.613. The highest BCUT2D eigenvalue weighted by molar-refractivity contribution is 5.94. The number of fused-ring (bicyclic) bond motifs is 1. The third-order valence-electron chi connectivity index (χ3n) is 8.54. The van der Waals surface area contributed by atoms with Crippen LogP contribution in [0.1, 0.15) is 77.8 Å². The summed E-state index contributed by atoms with van der Waals surface area (Å²) >= 11 is 0. The maximum absolute atomic E-state index is 10.1. The Morgan fingerprint density at radius 1 is 1.00 bits per heavy atom. The molecule has 0 unspecified atom stereocenters. The van der Waals surface area contributed by atoms with Crippen molar-refractivity contribution in [2.24, 2.45) is 0 Å². The SMILES string of the molecule is CCC[C@H](C)Nc1ncc2c(-c3ccc(CN4CCN(C(C)C)CC4)cc3)cn([C@H]3CC[C@H](O)CC3)c2n1. The van der Waals surface area contributed by atoms with E-state index >= 15 is 0 Å². The van der Waals surface area contributed by atoms with Gasteiger partial charge in [-0.3, -0.25) is 9.80 Å². The third kappa shape index (κ3) is 6.22. The van der Waals surface area contributed by atoms with Gasteiger partial charge in [0.1, 0.15) is 5.65 Å². The first-order chi connectivity index (χ1) is 18.4. The molecule has 0 spiro atoms. The van der Waals surface area contributed by atoms with E-state index in [0.717, 1.165) is 82.3 Å². The van der Waals surface area contributed by atoms with Gasteiger partial charge in [0.25, 0.3) is 0 Å². The number of nitrogens with one attached hydrogen (secondary N) is 1. The first kappa shape index (κ1) is 27.1. The van der Waals surface area contributed by atoms with Crippen LogP contribution >= 0.6 is 0 Å². The fourth-order valence-electron chi connectivity index (χ4n) is 6.16. The first-order valence-corrected chi connectivity index (χ1v) is 14.8. The van der Waals surface area contributed by atoms with Gasteiger partial charge in [-0.1, -0.05) is 37.6 Å². The van der Waals surface area contributed by atoms with E-state index in [1.54, 1.807) is 0 Å². The number of aromatic nitrogens is 3. The van der Waals surface area contributed by atoms with Crippen LogP contribution in [0.25, 0.3) is 22.2 Å². The molecule has 2 N–H and O–H groups in total. The Kier molecular flexibility index (Phi) is 8.66. The van der Waals surface area contributed by atoms with E-state index in [0.29, 0.717) is 24.1 Å². The Labute approximate surface area is 228 Å². The molecule has 2 aromatic heterocycles. The zero-order valence-electron chi connectivity index (χ0n) is 23.7. The number of anilines is 1. The fourth-order valence-corrected chi connectivity index (χ4v) is 6.16. The van der Waals surface area contributed by atoms with Gasteiger partial charge in [0, 0.05) is 74.2 Å². The summed E-state index contributed by atoms with van der Waals surface area (Å²) < 4.78 is 2.36. The Morgan fingerprint density at radius 2 is 1.71 bits per heavy atom. The highest BCUT2D eigenvalue weighted by atomic mass is 16.3. The molecule has 1 aromatic carbocycles. The van der Waals surface area contributed by atoms with E-state index in [-0.39, 0.29) is 6.10 Å². The van der Waals surface area contributed by atoms with E-state index in [9.17, 15) is 5.11 Å². The topological polar surface area (TPSA) is 69.5 Å². The van der Waals surface area contributed by atoms with Crippen LogP contribution in [0.3, 0.4) is 0 Å². The lowest BCUT2D eigenvalue weighted by Crippen LogP contribution is -2.48. The summed E-state index contributed by atoms with van der Waals surface area (Å²) in [6.45, 7) is 14.6. The van der Waals surface area contributed by atoms with E-state index < -0.39 is 0 Å². The molecule has 1 saturated heterocycles. The molecule has 5 rings (SSSR count). The Morgan fingerprint density at radius 3 is 2.37 bits per heavy atom. The molecule has 2 aliphatic rings. The summed E-state index contributed by atoms with van der Waals surface area (Å²) in [6.07, 6.45) is 9.98. The lowest BCUT2D eigenvalue weighted by molar-refractivity contribution is 0.104. The monoisotopic (exact) mass is 518 g/mol. The number of benzene rings is 1. The molecule has 0 bridgehead atoms. The Hall–Kier alpha value is -2.48. The molecular weight excluding hydrogens is 472 g/mol. The molecule has 1 aliphatic carbocycles. The molecule has 7 heteroatoms. The summed E-state index contributed by atoms with van der Waals surface area (Å²) in [4.78, 5) is 14.9. The van der Waals surface area contributed by atoms with Crippen LogP contribution in [0.2, 0.25) is 0 Å². The minimum atomic E-state index is -0.171. The number of nitrogens with zero attached hydrogens (tertiary/aromatic N) is 5. The summed E-state index contributed by atoms with van der Waals surface area (Å²) in [7, 11) is 0. The Bertz CT molecular complexity index is 1170. The molecule has 38 heavy (non-hydrogen) atoms. The highest BCUT2D eigenvalue weighted by Gasteiger charge is 2.25. The number of hydrogen-bond acceptors (Lipinski definition) is 6. The number of aliphatic hydroxyl groups excluding tert-OH is 1. The molecule has 206 valence electrons. The van der Waals surface area contributed by atoms with Crippen molar-refractivity contribution in [2.45, 2.75) is 97.0 Å². The first-order valence-electron chi connectivity index (χ1n) is 14.8. The molecule has 0 radical (unpaired) electrons. The van der Waals surface area contributed by atoms with Crippen LogP contribution in [0.4, 0.5) is 5.95 Å². The minimum Gasteiger partial charge on any atom is -0.393 e. The van der Waals surface area contributed by atoms with Crippen LogP contribution in [0.15, 0.2) is 36.7 Å². The van der Waals surface area contributed by atoms with Gasteiger partial charge in [-0.25, -0.2) is 4.98 Å². The lowest BCUT2D eigenvalue weighted by Gasteiger charge is -2.36. The quantitative estimate of drug-likeness (QED) is 0.379. The number of aliphatic hydroxyl groups is 1. The van der Waals surface area contributed by atoms with Crippen LogP contribution in [0, 0.1) is 0 Å². The molecule has 7 nitrogen and oxygen atoms in total. The molecule has 3 aromatic rings. The van der Waals surface area contributed by atoms with Gasteiger partial charge < -0.3 is 15.0 Å². The van der Waals surface area contributed by atoms with Crippen molar-refractivity contribution >= 4 is 17.0 Å². The molecule has 1 atom stereocenters. The summed E-state index contributed by atoms with van der Waals surface area (Å²) in [6, 6.07) is 10.4. The zero-order valence-corrected chi connectivity index (χ0v) is 23.7. The smallest absolute Gasteiger partial charge is 0.224 e. The zero-order chi connectivity index (χ0) is 26.6. The molecular formula is C31H46N6O. The van der Waals surface area contributed by atoms with Gasteiger partial charge in [-0.2, -0.15) is 4.98 Å². The normalized spacial score (nSPS) is 22.3. The van der Waals surface area contributed by atoms with Crippen molar-refractivity contribution < 1.29 is 5.11 Å². The summed E-state index contributed by atoms with van der Waals surface area (Å²) in [5.74, 6) is 0.702. The van der Waals surface area contributed by atoms with E-state index in [4.69, 9.17) is 9.97 Å². The average Bonchev–Trinajstić information content (AvgIpc) is 3.29. The predicted octanol–water partition coefficient (Wildman–Crippen LogP) is 5.70. The maximum Gasteiger partial charge on any atom is 0.224 e. The summed E-state index contributed by atoms with van der Waals surface area (Å²) in [5.41, 5.74) is 4.76. The van der Waals surface area contributed by atoms with E-state index in [1.165, 1.54) is 16.7 Å². The lowest BCUT2D eigenvalue weighted by atomic mass is 9.93. The van der Waals surface area contributed by atoms with Crippen molar-refractivity contribution in [1.82, 2.24) is 24.3 Å². The third-order valence-corrected chi connectivity index (χ3v) is 8.54. The largest absolute Gasteiger partial charge is 0.393 e. The van der Waals surface area contributed by atoms with Crippen molar-refractivity contribution in [3.63, 3.8) is 0 Å². The van der Waals surface area contributed by atoms with Crippen molar-refractivity contribution in [2.75, 3.05) is 31.5 Å². The highest BCUT2D eigenvalue weighted by Crippen LogP contribution is 2.37. The van der Waals surface area contributed by atoms with Gasteiger partial charge >= 0.3 is 0 Å². The van der Waals surface area contributed by atoms with Crippen molar-refractivity contribution in [3.05, 3.63) is 42.2 Å². The van der Waals surface area contributed by atoms with Crippen LogP contribution in [-0.2, 0) is 6.54 Å². The van der Waals surface area contributed by atoms with Gasteiger partial charge in [0.2, 0.25) is 5.95 Å². The van der Waals surface area contributed by atoms with Crippen molar-refractivity contribution in [1.29, 1.82) is 0 Å². The van der Waals surface area contributed by atoms with Crippen LogP contribution in [-0.4, -0.2) is 73.8 Å². The number of rotatable bonds is 9. The van der Waals surface area contributed by atoms with Crippen LogP contribution in [0.5, 0.6) is 0 Å². The van der Waals surface area contributed by atoms with Gasteiger partial charge in [-0.15, -0.1) is 0 Å². The maximum atomic E-state index is 10.1. The second kappa shape index (κ2) is 12.1. The van der Waals surface area contributed by atoms with E-state index in [2.05, 4.69) is 77.8 Å². The molecule has 0 amide bonds. The minimum absolute atomic E-state index is 0.171. The average molecular weight is 519 g/mol. The number of hydrogen-bond donors (Lipinski definition) is 2. The Balaban J connectivity index is 1.38. The van der Waals surface area contributed by atoms with Crippen molar-refractivity contribution in [3.8, 4) is 11.1 Å². The summed E-state index contributed by atoms with van der Waals surface area (Å²) in [5, 5.41) is 14.7. The van der Waals surface area contributed by atoms with Crippen LogP contribution < -0.4 is 5.32 Å². The molecule has 2 fully saturated rings. The van der Waals surface area contributed by atoms with Gasteiger partial charge in [0.15, 0.2) is 0 Å². The molecule has 3 heterocycles. The second-order valence-electron chi connectivity index (χ2n) is 11.8. The molecule has 1 saturated carbocycles. The van der Waals surface area contributed by atoms with Gasteiger partial charge in [-0.05, 0) is 64.0 Å². The second-order valence-corrected chi connectivity index (χ2v) is 11.8. The van der Waals surface area contributed by atoms with Gasteiger partial charge in [0.05, 0.1) is 6.10 Å². The number of piperazine rings is 1. The van der Waals surface area contributed by atoms with E-state index in [1.807, 2.05) is 6.20 Å². The molecule has 1 aliphatic heterocycles.